The van der Waals surface area contributed by atoms with E-state index in [1.54, 1.807) is 6.08 Å². The molecular weight excluding hydrogens is 186 g/mol. The number of para-hydroxylation sites is 1. The lowest BCUT2D eigenvalue weighted by Gasteiger charge is -2.18. The van der Waals surface area contributed by atoms with Crippen LogP contribution in [0.4, 0.5) is 0 Å². The second-order valence-corrected chi connectivity index (χ2v) is 3.39. The molecule has 1 N–H and O–H groups in total. The first kappa shape index (κ1) is 11.8. The van der Waals surface area contributed by atoms with Crippen LogP contribution in [0.5, 0.6) is 5.75 Å². The van der Waals surface area contributed by atoms with Gasteiger partial charge in [0.1, 0.15) is 12.4 Å². The lowest BCUT2D eigenvalue weighted by Crippen LogP contribution is -2.16. The topological polar surface area (TPSA) is 21.3 Å². The smallest absolute Gasteiger partial charge is 0.124 e. The summed E-state index contributed by atoms with van der Waals surface area (Å²) in [6, 6.07) is 8.48. The maximum Gasteiger partial charge on any atom is 0.124 e. The molecule has 0 bridgehead atoms. The number of benzene rings is 1. The fourth-order valence-electron chi connectivity index (χ4n) is 1.63. The number of nitrogens with one attached hydrogen (secondary N) is 1. The van der Waals surface area contributed by atoms with Crippen molar-refractivity contribution in [1.29, 1.82) is 0 Å². The third-order valence-electron chi connectivity index (χ3n) is 2.41. The van der Waals surface area contributed by atoms with Crippen molar-refractivity contribution in [3.05, 3.63) is 42.5 Å². The average molecular weight is 205 g/mol. The van der Waals surface area contributed by atoms with E-state index in [0.29, 0.717) is 12.6 Å². The summed E-state index contributed by atoms with van der Waals surface area (Å²) in [5, 5.41) is 3.28. The van der Waals surface area contributed by atoms with E-state index in [-0.39, 0.29) is 0 Å². The summed E-state index contributed by atoms with van der Waals surface area (Å²) in [4.78, 5) is 0. The number of hydrogen-bond acceptors (Lipinski definition) is 2. The molecule has 1 unspecified atom stereocenters. The van der Waals surface area contributed by atoms with Crippen molar-refractivity contribution in [1.82, 2.24) is 5.32 Å². The highest BCUT2D eigenvalue weighted by Gasteiger charge is 2.11. The monoisotopic (exact) mass is 205 g/mol. The van der Waals surface area contributed by atoms with Crippen LogP contribution in [-0.2, 0) is 0 Å². The van der Waals surface area contributed by atoms with Crippen LogP contribution in [0.25, 0.3) is 0 Å². The molecular formula is C13H19NO. The van der Waals surface area contributed by atoms with E-state index in [2.05, 4.69) is 24.9 Å². The maximum absolute atomic E-state index is 5.61. The van der Waals surface area contributed by atoms with E-state index in [9.17, 15) is 0 Å². The number of hydrogen-bond donors (Lipinski definition) is 1. The van der Waals surface area contributed by atoms with Gasteiger partial charge in [-0.05, 0) is 19.5 Å². The molecule has 15 heavy (non-hydrogen) atoms. The van der Waals surface area contributed by atoms with Gasteiger partial charge in [0.2, 0.25) is 0 Å². The van der Waals surface area contributed by atoms with Gasteiger partial charge in [0.25, 0.3) is 0 Å². The molecule has 0 aliphatic carbocycles. The molecule has 1 aromatic rings. The zero-order chi connectivity index (χ0) is 11.1. The van der Waals surface area contributed by atoms with Crippen molar-refractivity contribution in [2.75, 3.05) is 13.7 Å². The molecule has 0 saturated carbocycles. The lowest BCUT2D eigenvalue weighted by atomic mass is 10.0. The van der Waals surface area contributed by atoms with Crippen LogP contribution in [0.15, 0.2) is 36.9 Å². The Morgan fingerprint density at radius 1 is 1.47 bits per heavy atom. The van der Waals surface area contributed by atoms with Crippen molar-refractivity contribution >= 4 is 0 Å². The summed E-state index contributed by atoms with van der Waals surface area (Å²) in [6.45, 7) is 6.36. The normalized spacial score (nSPS) is 12.1. The van der Waals surface area contributed by atoms with Gasteiger partial charge in [0.15, 0.2) is 0 Å². The van der Waals surface area contributed by atoms with Crippen molar-refractivity contribution in [3.8, 4) is 5.75 Å². The van der Waals surface area contributed by atoms with Gasteiger partial charge in [-0.3, -0.25) is 0 Å². The first-order valence-corrected chi connectivity index (χ1v) is 5.33. The second kappa shape index (κ2) is 6.25. The molecule has 0 heterocycles. The minimum atomic E-state index is 0.353. The highest BCUT2D eigenvalue weighted by molar-refractivity contribution is 5.36. The largest absolute Gasteiger partial charge is 0.489 e. The minimum Gasteiger partial charge on any atom is -0.489 e. The molecule has 1 atom stereocenters. The zero-order valence-corrected chi connectivity index (χ0v) is 9.49. The van der Waals surface area contributed by atoms with Crippen molar-refractivity contribution in [2.24, 2.45) is 0 Å². The van der Waals surface area contributed by atoms with Crippen LogP contribution in [0.3, 0.4) is 0 Å². The fraction of sp³-hybridized carbons (Fsp3) is 0.385. The standard InChI is InChI=1S/C13H19NO/c1-4-10-15-13-9-7-6-8-11(13)12(5-2)14-3/h4,6-9,12,14H,1,5,10H2,2-3H3. The van der Waals surface area contributed by atoms with Crippen LogP contribution < -0.4 is 10.1 Å². The molecule has 0 aliphatic rings. The average Bonchev–Trinajstić information content (AvgIpc) is 2.29. The van der Waals surface area contributed by atoms with Crippen LogP contribution in [0.1, 0.15) is 24.9 Å². The summed E-state index contributed by atoms with van der Waals surface area (Å²) in [7, 11) is 1.97. The second-order valence-electron chi connectivity index (χ2n) is 3.39. The Kier molecular flexibility index (Phi) is 4.91. The molecule has 0 aromatic heterocycles. The molecule has 2 heteroatoms. The molecule has 0 amide bonds. The van der Waals surface area contributed by atoms with Crippen LogP contribution in [0.2, 0.25) is 0 Å². The van der Waals surface area contributed by atoms with E-state index in [1.165, 1.54) is 5.56 Å². The molecule has 82 valence electrons. The van der Waals surface area contributed by atoms with Crippen molar-refractivity contribution in [2.45, 2.75) is 19.4 Å². The highest BCUT2D eigenvalue weighted by atomic mass is 16.5. The van der Waals surface area contributed by atoms with Gasteiger partial charge < -0.3 is 10.1 Å². The van der Waals surface area contributed by atoms with Crippen LogP contribution >= 0.6 is 0 Å². The van der Waals surface area contributed by atoms with Crippen molar-refractivity contribution in [3.63, 3.8) is 0 Å². The quantitative estimate of drug-likeness (QED) is 0.721. The van der Waals surface area contributed by atoms with Gasteiger partial charge in [-0.2, -0.15) is 0 Å². The highest BCUT2D eigenvalue weighted by Crippen LogP contribution is 2.26. The third-order valence-corrected chi connectivity index (χ3v) is 2.41. The Hall–Kier alpha value is -1.28. The van der Waals surface area contributed by atoms with Crippen LogP contribution in [-0.4, -0.2) is 13.7 Å². The summed E-state index contributed by atoms with van der Waals surface area (Å²) in [5.74, 6) is 0.943. The van der Waals surface area contributed by atoms with E-state index >= 15 is 0 Å². The van der Waals surface area contributed by atoms with E-state index < -0.39 is 0 Å². The first-order valence-electron chi connectivity index (χ1n) is 5.33. The molecule has 0 aliphatic heterocycles. The number of ether oxygens (including phenoxy) is 1. The van der Waals surface area contributed by atoms with E-state index in [1.807, 2.05) is 25.2 Å². The van der Waals surface area contributed by atoms with E-state index in [0.717, 1.165) is 12.2 Å². The zero-order valence-electron chi connectivity index (χ0n) is 9.49. The molecule has 0 radical (unpaired) electrons. The maximum atomic E-state index is 5.61. The SMILES string of the molecule is C=CCOc1ccccc1C(CC)NC. The fourth-order valence-corrected chi connectivity index (χ4v) is 1.63. The summed E-state index contributed by atoms with van der Waals surface area (Å²) in [6.07, 6.45) is 2.81. The predicted molar refractivity (Wildman–Crippen MR) is 64.2 cm³/mol. The van der Waals surface area contributed by atoms with Gasteiger partial charge in [-0.15, -0.1) is 0 Å². The van der Waals surface area contributed by atoms with E-state index in [4.69, 9.17) is 4.74 Å². The molecule has 2 nitrogen and oxygen atoms in total. The van der Waals surface area contributed by atoms with Gasteiger partial charge in [0.05, 0.1) is 0 Å². The molecule has 1 rings (SSSR count). The van der Waals surface area contributed by atoms with Gasteiger partial charge in [0, 0.05) is 11.6 Å². The summed E-state index contributed by atoms with van der Waals surface area (Å²) in [5.41, 5.74) is 1.21. The third kappa shape index (κ3) is 3.10. The lowest BCUT2D eigenvalue weighted by molar-refractivity contribution is 0.353. The Labute approximate surface area is 92.0 Å². The Morgan fingerprint density at radius 3 is 2.80 bits per heavy atom. The predicted octanol–water partition coefficient (Wildman–Crippen LogP) is 2.92. The Balaban J connectivity index is 2.88. The summed E-state index contributed by atoms with van der Waals surface area (Å²) >= 11 is 0. The number of rotatable bonds is 6. The van der Waals surface area contributed by atoms with Gasteiger partial charge in [-0.25, -0.2) is 0 Å². The minimum absolute atomic E-state index is 0.353. The first-order chi connectivity index (χ1) is 7.33. The van der Waals surface area contributed by atoms with Gasteiger partial charge in [-0.1, -0.05) is 37.8 Å². The Bertz CT molecular complexity index is 305. The molecule has 0 fully saturated rings. The van der Waals surface area contributed by atoms with Crippen molar-refractivity contribution < 1.29 is 4.74 Å². The Morgan fingerprint density at radius 2 is 2.20 bits per heavy atom. The summed E-state index contributed by atoms with van der Waals surface area (Å²) < 4.78 is 5.61. The van der Waals surface area contributed by atoms with Crippen LogP contribution in [0, 0.1) is 0 Å². The molecule has 1 aromatic carbocycles. The van der Waals surface area contributed by atoms with Gasteiger partial charge >= 0.3 is 0 Å². The molecule has 0 spiro atoms. The molecule has 0 saturated heterocycles.